The molecule has 0 bridgehead atoms. The third kappa shape index (κ3) is 7.15. The van der Waals surface area contributed by atoms with Gasteiger partial charge in [-0.25, -0.2) is 0 Å². The summed E-state index contributed by atoms with van der Waals surface area (Å²) >= 11 is 0. The number of hydrogen-bond acceptors (Lipinski definition) is 2. The van der Waals surface area contributed by atoms with Crippen molar-refractivity contribution < 1.29 is 0 Å². The van der Waals surface area contributed by atoms with Crippen molar-refractivity contribution in [3.63, 3.8) is 0 Å². The first-order chi connectivity index (χ1) is 10.2. The van der Waals surface area contributed by atoms with Gasteiger partial charge in [-0.1, -0.05) is 65.2 Å². The quantitative estimate of drug-likeness (QED) is 0.770. The summed E-state index contributed by atoms with van der Waals surface area (Å²) in [5, 5.41) is 3.81. The van der Waals surface area contributed by atoms with Gasteiger partial charge in [-0.15, -0.1) is 0 Å². The summed E-state index contributed by atoms with van der Waals surface area (Å²) in [5.74, 6) is 0. The largest absolute Gasteiger partial charge is 0.313 e. The van der Waals surface area contributed by atoms with Crippen molar-refractivity contribution >= 4 is 0 Å². The highest BCUT2D eigenvalue weighted by atomic mass is 15.2. The summed E-state index contributed by atoms with van der Waals surface area (Å²) in [4.78, 5) is 2.74. The minimum Gasteiger partial charge on any atom is -0.313 e. The highest BCUT2D eigenvalue weighted by Gasteiger charge is 2.27. The lowest BCUT2D eigenvalue weighted by atomic mass is 9.92. The summed E-state index contributed by atoms with van der Waals surface area (Å²) in [6.07, 6.45) is 14.3. The van der Waals surface area contributed by atoms with E-state index in [-0.39, 0.29) is 0 Å². The normalized spacial score (nSPS) is 26.6. The Balaban J connectivity index is 2.73. The predicted molar refractivity (Wildman–Crippen MR) is 94.9 cm³/mol. The minimum absolute atomic E-state index is 0.661. The van der Waals surface area contributed by atoms with E-state index in [1.54, 1.807) is 0 Å². The SMILES string of the molecule is CCNC1CCCCCCCCCCC1N(CC)C(C)C. The molecule has 21 heavy (non-hydrogen) atoms. The van der Waals surface area contributed by atoms with E-state index in [9.17, 15) is 0 Å². The summed E-state index contributed by atoms with van der Waals surface area (Å²) < 4.78 is 0. The summed E-state index contributed by atoms with van der Waals surface area (Å²) in [5.41, 5.74) is 0. The van der Waals surface area contributed by atoms with E-state index < -0.39 is 0 Å². The molecule has 1 N–H and O–H groups in total. The molecule has 2 unspecified atom stereocenters. The van der Waals surface area contributed by atoms with Crippen LogP contribution in [0.25, 0.3) is 0 Å². The van der Waals surface area contributed by atoms with Crippen LogP contribution in [0.1, 0.15) is 91.9 Å². The zero-order valence-electron chi connectivity index (χ0n) is 15.2. The van der Waals surface area contributed by atoms with E-state index in [1.807, 2.05) is 0 Å². The Morgan fingerprint density at radius 1 is 0.857 bits per heavy atom. The van der Waals surface area contributed by atoms with Crippen molar-refractivity contribution in [3.8, 4) is 0 Å². The Bertz CT molecular complexity index is 240. The van der Waals surface area contributed by atoms with Gasteiger partial charge in [-0.3, -0.25) is 4.90 Å². The van der Waals surface area contributed by atoms with Crippen molar-refractivity contribution in [3.05, 3.63) is 0 Å². The molecule has 0 radical (unpaired) electrons. The van der Waals surface area contributed by atoms with Gasteiger partial charge in [-0.05, 0) is 39.8 Å². The third-order valence-electron chi connectivity index (χ3n) is 5.15. The van der Waals surface area contributed by atoms with E-state index in [0.29, 0.717) is 12.1 Å². The van der Waals surface area contributed by atoms with Crippen molar-refractivity contribution in [2.24, 2.45) is 0 Å². The van der Waals surface area contributed by atoms with Gasteiger partial charge in [0.2, 0.25) is 0 Å². The number of nitrogens with zero attached hydrogens (tertiary/aromatic N) is 1. The molecule has 1 saturated carbocycles. The van der Waals surface area contributed by atoms with Gasteiger partial charge in [0.15, 0.2) is 0 Å². The molecule has 0 aromatic heterocycles. The van der Waals surface area contributed by atoms with Crippen LogP contribution >= 0.6 is 0 Å². The monoisotopic (exact) mass is 296 g/mol. The molecule has 0 aliphatic heterocycles. The highest BCUT2D eigenvalue weighted by Crippen LogP contribution is 2.22. The number of nitrogens with one attached hydrogen (secondary N) is 1. The molecule has 2 heteroatoms. The first-order valence-corrected chi connectivity index (χ1v) is 9.69. The maximum absolute atomic E-state index is 3.81. The fourth-order valence-corrected chi connectivity index (χ4v) is 4.05. The first kappa shape index (κ1) is 19.0. The number of rotatable bonds is 5. The van der Waals surface area contributed by atoms with E-state index >= 15 is 0 Å². The number of likely N-dealkylation sites (N-methyl/N-ethyl adjacent to an activating group) is 2. The smallest absolute Gasteiger partial charge is 0.0251 e. The molecule has 1 rings (SSSR count). The highest BCUT2D eigenvalue weighted by molar-refractivity contribution is 4.86. The Kier molecular flexibility index (Phi) is 10.4. The van der Waals surface area contributed by atoms with Gasteiger partial charge in [0.25, 0.3) is 0 Å². The van der Waals surface area contributed by atoms with E-state index in [4.69, 9.17) is 0 Å². The Hall–Kier alpha value is -0.0800. The van der Waals surface area contributed by atoms with Crippen LogP contribution in [-0.4, -0.2) is 36.1 Å². The topological polar surface area (TPSA) is 15.3 Å². The second kappa shape index (κ2) is 11.5. The van der Waals surface area contributed by atoms with Crippen molar-refractivity contribution in [2.45, 2.75) is 110 Å². The van der Waals surface area contributed by atoms with E-state index in [0.717, 1.165) is 12.6 Å². The molecule has 0 saturated heterocycles. The molecule has 2 nitrogen and oxygen atoms in total. The average Bonchev–Trinajstić information content (AvgIpc) is 2.44. The van der Waals surface area contributed by atoms with Gasteiger partial charge in [0, 0.05) is 18.1 Å². The van der Waals surface area contributed by atoms with Gasteiger partial charge >= 0.3 is 0 Å². The van der Waals surface area contributed by atoms with Crippen LogP contribution in [-0.2, 0) is 0 Å². The first-order valence-electron chi connectivity index (χ1n) is 9.69. The Morgan fingerprint density at radius 2 is 1.38 bits per heavy atom. The zero-order chi connectivity index (χ0) is 15.5. The second-order valence-corrected chi connectivity index (χ2v) is 7.06. The van der Waals surface area contributed by atoms with Crippen molar-refractivity contribution in [1.29, 1.82) is 0 Å². The molecule has 0 amide bonds. The fraction of sp³-hybridized carbons (Fsp3) is 1.00. The molecular weight excluding hydrogens is 256 g/mol. The van der Waals surface area contributed by atoms with Crippen LogP contribution in [0.5, 0.6) is 0 Å². The van der Waals surface area contributed by atoms with Gasteiger partial charge in [-0.2, -0.15) is 0 Å². The maximum atomic E-state index is 3.81. The predicted octanol–water partition coefficient (Wildman–Crippen LogP) is 4.98. The third-order valence-corrected chi connectivity index (χ3v) is 5.15. The lowest BCUT2D eigenvalue weighted by molar-refractivity contribution is 0.112. The summed E-state index contributed by atoms with van der Waals surface area (Å²) in [7, 11) is 0. The van der Waals surface area contributed by atoms with Crippen molar-refractivity contribution in [1.82, 2.24) is 10.2 Å². The van der Waals surface area contributed by atoms with Crippen LogP contribution in [0, 0.1) is 0 Å². The van der Waals surface area contributed by atoms with Crippen LogP contribution in [0.2, 0.25) is 0 Å². The molecule has 0 spiro atoms. The lowest BCUT2D eigenvalue weighted by Crippen LogP contribution is -2.52. The van der Waals surface area contributed by atoms with Crippen LogP contribution in [0.15, 0.2) is 0 Å². The summed E-state index contributed by atoms with van der Waals surface area (Å²) in [6, 6.07) is 2.08. The molecule has 0 aromatic carbocycles. The molecule has 1 fully saturated rings. The van der Waals surface area contributed by atoms with Gasteiger partial charge in [0.05, 0.1) is 0 Å². The fourth-order valence-electron chi connectivity index (χ4n) is 4.05. The average molecular weight is 297 g/mol. The molecule has 0 heterocycles. The van der Waals surface area contributed by atoms with E-state index in [2.05, 4.69) is 37.9 Å². The standard InChI is InChI=1S/C19H40N2/c1-5-20-18-15-13-11-9-7-8-10-12-14-16-19(18)21(6-2)17(3)4/h17-20H,5-16H2,1-4H3. The van der Waals surface area contributed by atoms with Gasteiger partial charge < -0.3 is 5.32 Å². The molecule has 1 aliphatic rings. The second-order valence-electron chi connectivity index (χ2n) is 7.06. The maximum Gasteiger partial charge on any atom is 0.0251 e. The molecular formula is C19H40N2. The van der Waals surface area contributed by atoms with Crippen LogP contribution in [0.3, 0.4) is 0 Å². The van der Waals surface area contributed by atoms with Gasteiger partial charge in [0.1, 0.15) is 0 Å². The van der Waals surface area contributed by atoms with E-state index in [1.165, 1.54) is 70.8 Å². The van der Waals surface area contributed by atoms with Crippen LogP contribution < -0.4 is 5.32 Å². The lowest BCUT2D eigenvalue weighted by Gasteiger charge is -2.40. The Labute approximate surface area is 134 Å². The molecule has 126 valence electrons. The Morgan fingerprint density at radius 3 is 1.86 bits per heavy atom. The molecule has 1 aliphatic carbocycles. The molecule has 2 atom stereocenters. The zero-order valence-corrected chi connectivity index (χ0v) is 15.2. The van der Waals surface area contributed by atoms with Crippen molar-refractivity contribution in [2.75, 3.05) is 13.1 Å². The minimum atomic E-state index is 0.661. The molecule has 0 aromatic rings. The summed E-state index contributed by atoms with van der Waals surface area (Å²) in [6.45, 7) is 11.6. The van der Waals surface area contributed by atoms with Crippen LogP contribution in [0.4, 0.5) is 0 Å². The number of hydrogen-bond donors (Lipinski definition) is 1.